The van der Waals surface area contributed by atoms with Crippen LogP contribution < -0.4 is 0 Å². The standard InChI is InChI=1S/C9H10O4/c1-6-7(10)12-9(13-8(6)11)4-2-3-5-9/h1-5H2. The molecular formula is C9H10O4. The lowest BCUT2D eigenvalue weighted by Crippen LogP contribution is -2.44. The Bertz CT molecular complexity index is 264. The van der Waals surface area contributed by atoms with Crippen LogP contribution in [0.1, 0.15) is 25.7 Å². The molecule has 1 spiro atoms. The first-order valence-corrected chi connectivity index (χ1v) is 4.29. The van der Waals surface area contributed by atoms with Crippen LogP contribution in [0.5, 0.6) is 0 Å². The van der Waals surface area contributed by atoms with Crippen LogP contribution in [-0.2, 0) is 19.1 Å². The van der Waals surface area contributed by atoms with Gasteiger partial charge in [-0.1, -0.05) is 6.58 Å². The van der Waals surface area contributed by atoms with Crippen molar-refractivity contribution in [2.75, 3.05) is 0 Å². The van der Waals surface area contributed by atoms with E-state index in [1.54, 1.807) is 0 Å². The van der Waals surface area contributed by atoms with Gasteiger partial charge >= 0.3 is 11.9 Å². The molecule has 0 amide bonds. The van der Waals surface area contributed by atoms with E-state index < -0.39 is 17.7 Å². The van der Waals surface area contributed by atoms with E-state index in [0.29, 0.717) is 12.8 Å². The summed E-state index contributed by atoms with van der Waals surface area (Å²) in [5.74, 6) is -2.24. The van der Waals surface area contributed by atoms with Gasteiger partial charge in [-0.3, -0.25) is 0 Å². The lowest BCUT2D eigenvalue weighted by molar-refractivity contribution is -0.232. The number of carbonyl (C=O) groups excluding carboxylic acids is 2. The SMILES string of the molecule is C=C1C(=O)OC2(CCCC2)OC1=O. The number of ether oxygens (including phenoxy) is 2. The van der Waals surface area contributed by atoms with Crippen LogP contribution in [0.15, 0.2) is 12.2 Å². The second-order valence-corrected chi connectivity index (χ2v) is 3.38. The van der Waals surface area contributed by atoms with Crippen molar-refractivity contribution in [2.24, 2.45) is 0 Å². The summed E-state index contributed by atoms with van der Waals surface area (Å²) in [4.78, 5) is 22.3. The van der Waals surface area contributed by atoms with Crippen LogP contribution in [0.2, 0.25) is 0 Å². The normalized spacial score (nSPS) is 26.0. The number of carbonyl (C=O) groups is 2. The Balaban J connectivity index is 2.22. The van der Waals surface area contributed by atoms with E-state index in [1.807, 2.05) is 0 Å². The maximum atomic E-state index is 11.1. The Labute approximate surface area is 75.5 Å². The van der Waals surface area contributed by atoms with E-state index in [1.165, 1.54) is 0 Å². The zero-order valence-electron chi connectivity index (χ0n) is 7.17. The van der Waals surface area contributed by atoms with Crippen molar-refractivity contribution in [3.8, 4) is 0 Å². The molecule has 1 aliphatic heterocycles. The second kappa shape index (κ2) is 2.58. The quantitative estimate of drug-likeness (QED) is 0.317. The summed E-state index contributed by atoms with van der Waals surface area (Å²) in [5, 5.41) is 0. The minimum absolute atomic E-state index is 0.211. The number of rotatable bonds is 0. The van der Waals surface area contributed by atoms with Crippen molar-refractivity contribution in [1.29, 1.82) is 0 Å². The predicted octanol–water partition coefficient (Wildman–Crippen LogP) is 0.913. The summed E-state index contributed by atoms with van der Waals surface area (Å²) in [5.41, 5.74) is -0.211. The van der Waals surface area contributed by atoms with Gasteiger partial charge in [0.1, 0.15) is 5.57 Å². The highest BCUT2D eigenvalue weighted by Crippen LogP contribution is 2.37. The third-order valence-electron chi connectivity index (χ3n) is 2.42. The Morgan fingerprint density at radius 1 is 1.08 bits per heavy atom. The molecule has 13 heavy (non-hydrogen) atoms. The fourth-order valence-electron chi connectivity index (χ4n) is 1.68. The van der Waals surface area contributed by atoms with Gasteiger partial charge in [0.05, 0.1) is 0 Å². The zero-order chi connectivity index (χ0) is 9.47. The first-order valence-electron chi connectivity index (χ1n) is 4.29. The van der Waals surface area contributed by atoms with Gasteiger partial charge in [0.2, 0.25) is 0 Å². The molecule has 1 aliphatic carbocycles. The van der Waals surface area contributed by atoms with Gasteiger partial charge in [-0.25, -0.2) is 9.59 Å². The molecule has 2 rings (SSSR count). The van der Waals surface area contributed by atoms with Crippen LogP contribution in [0.3, 0.4) is 0 Å². The number of esters is 2. The summed E-state index contributed by atoms with van der Waals surface area (Å²) >= 11 is 0. The molecule has 4 heteroatoms. The minimum Gasteiger partial charge on any atom is -0.419 e. The van der Waals surface area contributed by atoms with Gasteiger partial charge < -0.3 is 9.47 Å². The molecule has 1 saturated heterocycles. The van der Waals surface area contributed by atoms with E-state index in [9.17, 15) is 9.59 Å². The summed E-state index contributed by atoms with van der Waals surface area (Å²) in [7, 11) is 0. The van der Waals surface area contributed by atoms with Crippen molar-refractivity contribution in [3.05, 3.63) is 12.2 Å². The average Bonchev–Trinajstić information content (AvgIpc) is 2.49. The molecule has 2 fully saturated rings. The fraction of sp³-hybridized carbons (Fsp3) is 0.556. The molecule has 0 aromatic carbocycles. The molecule has 1 heterocycles. The van der Waals surface area contributed by atoms with E-state index >= 15 is 0 Å². The first kappa shape index (κ1) is 8.29. The predicted molar refractivity (Wildman–Crippen MR) is 42.5 cm³/mol. The third-order valence-corrected chi connectivity index (χ3v) is 2.42. The van der Waals surface area contributed by atoms with Crippen molar-refractivity contribution >= 4 is 11.9 Å². The van der Waals surface area contributed by atoms with Crippen LogP contribution in [-0.4, -0.2) is 17.7 Å². The number of hydrogen-bond acceptors (Lipinski definition) is 4. The lowest BCUT2D eigenvalue weighted by Gasteiger charge is -2.32. The largest absolute Gasteiger partial charge is 0.419 e. The van der Waals surface area contributed by atoms with Crippen LogP contribution in [0.4, 0.5) is 0 Å². The van der Waals surface area contributed by atoms with E-state index in [0.717, 1.165) is 12.8 Å². The van der Waals surface area contributed by atoms with Crippen LogP contribution in [0.25, 0.3) is 0 Å². The molecular weight excluding hydrogens is 172 g/mol. The molecule has 0 aromatic rings. The smallest absolute Gasteiger partial charge is 0.348 e. The molecule has 2 aliphatic rings. The Morgan fingerprint density at radius 3 is 2.00 bits per heavy atom. The first-order chi connectivity index (χ1) is 6.13. The van der Waals surface area contributed by atoms with Crippen LogP contribution in [0, 0.1) is 0 Å². The van der Waals surface area contributed by atoms with E-state index in [2.05, 4.69) is 6.58 Å². The van der Waals surface area contributed by atoms with Crippen LogP contribution >= 0.6 is 0 Å². The molecule has 0 atom stereocenters. The molecule has 4 nitrogen and oxygen atoms in total. The molecule has 1 saturated carbocycles. The van der Waals surface area contributed by atoms with Gasteiger partial charge in [-0.15, -0.1) is 0 Å². The maximum Gasteiger partial charge on any atom is 0.348 e. The van der Waals surface area contributed by atoms with Crippen molar-refractivity contribution in [2.45, 2.75) is 31.5 Å². The van der Waals surface area contributed by atoms with Gasteiger partial charge in [-0.2, -0.15) is 0 Å². The summed E-state index contributed by atoms with van der Waals surface area (Å²) in [6.45, 7) is 3.28. The Hall–Kier alpha value is -1.32. The highest BCUT2D eigenvalue weighted by atomic mass is 16.7. The second-order valence-electron chi connectivity index (χ2n) is 3.38. The highest BCUT2D eigenvalue weighted by Gasteiger charge is 2.47. The molecule has 0 N–H and O–H groups in total. The Kier molecular flexibility index (Phi) is 1.65. The monoisotopic (exact) mass is 182 g/mol. The van der Waals surface area contributed by atoms with Crippen molar-refractivity contribution < 1.29 is 19.1 Å². The molecule has 0 aromatic heterocycles. The van der Waals surface area contributed by atoms with Gasteiger partial charge in [0.25, 0.3) is 5.79 Å². The average molecular weight is 182 g/mol. The summed E-state index contributed by atoms with van der Waals surface area (Å²) in [6, 6.07) is 0. The summed E-state index contributed by atoms with van der Waals surface area (Å²) < 4.78 is 10.1. The Morgan fingerprint density at radius 2 is 1.54 bits per heavy atom. The van der Waals surface area contributed by atoms with Crippen molar-refractivity contribution in [1.82, 2.24) is 0 Å². The van der Waals surface area contributed by atoms with E-state index in [-0.39, 0.29) is 5.57 Å². The third kappa shape index (κ3) is 1.22. The fourth-order valence-corrected chi connectivity index (χ4v) is 1.68. The maximum absolute atomic E-state index is 11.1. The molecule has 0 radical (unpaired) electrons. The van der Waals surface area contributed by atoms with Crippen molar-refractivity contribution in [3.63, 3.8) is 0 Å². The van der Waals surface area contributed by atoms with E-state index in [4.69, 9.17) is 9.47 Å². The molecule has 0 bridgehead atoms. The summed E-state index contributed by atoms with van der Waals surface area (Å²) in [6.07, 6.45) is 3.07. The topological polar surface area (TPSA) is 52.6 Å². The lowest BCUT2D eigenvalue weighted by atomic mass is 10.2. The number of hydrogen-bond donors (Lipinski definition) is 0. The van der Waals surface area contributed by atoms with Gasteiger partial charge in [0.15, 0.2) is 0 Å². The van der Waals surface area contributed by atoms with Gasteiger partial charge in [-0.05, 0) is 12.8 Å². The molecule has 70 valence electrons. The molecule has 0 unspecified atom stereocenters. The van der Waals surface area contributed by atoms with Gasteiger partial charge in [0, 0.05) is 12.8 Å². The minimum atomic E-state index is -0.963. The highest BCUT2D eigenvalue weighted by molar-refractivity contribution is 6.14. The zero-order valence-corrected chi connectivity index (χ0v) is 7.17.